The smallest absolute Gasteiger partial charge is 0.870 e. The van der Waals surface area contributed by atoms with Crippen LogP contribution in [-0.4, -0.2) is 129 Å². The molecule has 0 aliphatic carbocycles. The number of fused-ring (bicyclic) bond motifs is 2. The fourth-order valence-electron chi connectivity index (χ4n) is 3.89. The average Bonchev–Trinajstić information content (AvgIpc) is 3.81. The second kappa shape index (κ2) is 31.7. The van der Waals surface area contributed by atoms with Crippen molar-refractivity contribution in [3.05, 3.63) is 56.0 Å². The number of thioether (sulfide) groups is 4. The summed E-state index contributed by atoms with van der Waals surface area (Å²) in [6, 6.07) is 0. The van der Waals surface area contributed by atoms with Gasteiger partial charge in [-0.05, 0) is 25.0 Å². The van der Waals surface area contributed by atoms with Crippen LogP contribution in [0.4, 0.5) is 13.2 Å². The number of alkyl halides is 3. The van der Waals surface area contributed by atoms with Crippen LogP contribution in [0.2, 0.25) is 10.0 Å². The van der Waals surface area contributed by atoms with Gasteiger partial charge in [0, 0.05) is 12.4 Å². The van der Waals surface area contributed by atoms with E-state index in [0.29, 0.717) is 31.5 Å². The van der Waals surface area contributed by atoms with E-state index < -0.39 is 50.1 Å². The Bertz CT molecular complexity index is 2800. The molecule has 0 bridgehead atoms. The number of thiophene rings is 2. The third-order valence-electron chi connectivity index (χ3n) is 6.71. The number of halogens is 5. The van der Waals surface area contributed by atoms with E-state index in [2.05, 4.69) is 58.3 Å². The molecule has 0 aliphatic heterocycles. The molecule has 0 spiro atoms. The van der Waals surface area contributed by atoms with E-state index in [1.807, 2.05) is 12.5 Å². The summed E-state index contributed by atoms with van der Waals surface area (Å²) in [6.45, 7) is 0. The SMILES string of the molecule is C.C.C.C.COC(=O)c1nc(SC)ncc1Cl.COC(=O)c1sc2cnc(SC)nc2c1OS(=O)(=O)C(F)(F)F.COC(=O)c1sc2cnc(SC)nc2c1[O-].CSc1ncc(Cl)c(C(=O)O)n1.[Na+]. The molecule has 1 N–H and O–H groups in total. The molecule has 33 heteroatoms. The first-order chi connectivity index (χ1) is 30.1. The van der Waals surface area contributed by atoms with Crippen molar-refractivity contribution in [2.75, 3.05) is 46.4 Å². The molecule has 6 aromatic heterocycles. The number of methoxy groups -OCH3 is 3. The van der Waals surface area contributed by atoms with Gasteiger partial charge in [0.1, 0.15) is 10.4 Å². The van der Waals surface area contributed by atoms with E-state index in [-0.39, 0.29) is 112 Å². The van der Waals surface area contributed by atoms with Crippen molar-refractivity contribution in [1.82, 2.24) is 39.9 Å². The summed E-state index contributed by atoms with van der Waals surface area (Å²) in [7, 11) is -2.45. The van der Waals surface area contributed by atoms with Crippen LogP contribution in [0.5, 0.6) is 11.5 Å². The minimum atomic E-state index is -5.96. The third-order valence-corrected chi connectivity index (χ3v) is 12.6. The minimum Gasteiger partial charge on any atom is -0.870 e. The van der Waals surface area contributed by atoms with Gasteiger partial charge in [0.25, 0.3) is 0 Å². The molecule has 6 aromatic rings. The van der Waals surface area contributed by atoms with Gasteiger partial charge in [-0.25, -0.2) is 59.0 Å². The van der Waals surface area contributed by atoms with Crippen molar-refractivity contribution in [1.29, 1.82) is 0 Å². The Kier molecular flexibility index (Phi) is 32.0. The van der Waals surface area contributed by atoms with Gasteiger partial charge in [0.15, 0.2) is 42.6 Å². The zero-order chi connectivity index (χ0) is 48.1. The van der Waals surface area contributed by atoms with E-state index in [0.717, 1.165) is 30.2 Å². The number of aromatic nitrogens is 8. The summed E-state index contributed by atoms with van der Waals surface area (Å²) >= 11 is 18.0. The van der Waals surface area contributed by atoms with Crippen LogP contribution in [0.3, 0.4) is 0 Å². The Labute approximate surface area is 451 Å². The van der Waals surface area contributed by atoms with E-state index in [9.17, 15) is 45.9 Å². The monoisotopic (exact) mass is 1150 g/mol. The van der Waals surface area contributed by atoms with Gasteiger partial charge >= 0.3 is 69.1 Å². The predicted molar refractivity (Wildman–Crippen MR) is 259 cm³/mol. The normalized spacial score (nSPS) is 10.1. The molecular formula is C36H42Cl2F3N8NaO12S7. The molecule has 6 rings (SSSR count). The quantitative estimate of drug-likeness (QED) is 0.0294. The minimum absolute atomic E-state index is 0. The molecule has 0 amide bonds. The van der Waals surface area contributed by atoms with E-state index in [1.165, 1.54) is 68.1 Å². The number of nitrogens with zero attached hydrogens (tertiary/aromatic N) is 8. The largest absolute Gasteiger partial charge is 1.00 e. The van der Waals surface area contributed by atoms with Crippen molar-refractivity contribution < 1.29 is 98.9 Å². The average molecular weight is 1150 g/mol. The van der Waals surface area contributed by atoms with E-state index in [4.69, 9.17) is 28.3 Å². The van der Waals surface area contributed by atoms with E-state index >= 15 is 0 Å². The van der Waals surface area contributed by atoms with Crippen LogP contribution in [0.15, 0.2) is 45.4 Å². The zero-order valence-corrected chi connectivity index (χ0v) is 43.3. The Balaban J connectivity index is -0.000000848. The molecule has 0 unspecified atom stereocenters. The number of carboxylic acid groups (broad SMARTS) is 1. The van der Waals surface area contributed by atoms with Crippen LogP contribution < -0.4 is 38.8 Å². The standard InChI is InChI=1S/C10H7F3N2O5S3.C9H8N2O3S2.C7H7ClN2O2S.C6H5ClN2O2S.4CH4.Na/c1-19-8(16)7-6(20-23(17,18)10(11,12)13)5-4(22-7)3-14-9(15-5)21-2;1-14-8(13)7-6(12)5-4(16-7)3-10-9(11-5)15-2;1-12-6(11)5-4(8)3-9-7(10-5)13-2;1-12-6-8-2-3(7)4(9-6)5(10)11;;;;;/h3H,1-2H3;3,12H,1-2H3;3H,1-2H3;2H,1H3,(H,10,11);4*1H4;/q;;;;;;;;+1/p-1. The number of carbonyl (C=O) groups excluding carboxylic acids is 3. The number of ether oxygens (including phenoxy) is 3. The van der Waals surface area contributed by atoms with Crippen molar-refractivity contribution in [2.45, 2.75) is 55.8 Å². The molecule has 376 valence electrons. The fourth-order valence-corrected chi connectivity index (χ4v) is 7.99. The van der Waals surface area contributed by atoms with Gasteiger partial charge in [-0.2, -0.15) is 21.6 Å². The van der Waals surface area contributed by atoms with Crippen LogP contribution in [0.25, 0.3) is 20.4 Å². The van der Waals surface area contributed by atoms with Gasteiger partial charge in [0.05, 0.1) is 58.7 Å². The van der Waals surface area contributed by atoms with Gasteiger partial charge in [-0.1, -0.05) is 106 Å². The van der Waals surface area contributed by atoms with Gasteiger partial charge < -0.3 is 28.6 Å². The predicted octanol–water partition coefficient (Wildman–Crippen LogP) is 6.44. The molecule has 0 aliphatic rings. The molecule has 0 radical (unpaired) electrons. The van der Waals surface area contributed by atoms with Crippen molar-refractivity contribution in [3.63, 3.8) is 0 Å². The molecule has 6 heterocycles. The number of carboxylic acids is 1. The molecule has 0 saturated carbocycles. The summed E-state index contributed by atoms with van der Waals surface area (Å²) in [6.07, 6.45) is 12.5. The summed E-state index contributed by atoms with van der Waals surface area (Å²) in [5.74, 6) is -4.58. The van der Waals surface area contributed by atoms with Crippen LogP contribution in [-0.2, 0) is 24.3 Å². The first-order valence-electron chi connectivity index (χ1n) is 16.1. The summed E-state index contributed by atoms with van der Waals surface area (Å²) in [5, 5.41) is 22.2. The zero-order valence-electron chi connectivity index (χ0n) is 34.1. The topological polar surface area (TPSA) is 286 Å². The number of hydrogen-bond acceptors (Lipinski definition) is 25. The van der Waals surface area contributed by atoms with Crippen molar-refractivity contribution >= 4 is 147 Å². The Hall–Kier alpha value is -3.56. The first kappa shape index (κ1) is 69.7. The second-order valence-corrected chi connectivity index (χ2v) is 18.1. The molecule has 0 saturated heterocycles. The van der Waals surface area contributed by atoms with Gasteiger partial charge in [-0.3, -0.25) is 0 Å². The maximum atomic E-state index is 12.5. The number of hydrogen-bond donors (Lipinski definition) is 1. The summed E-state index contributed by atoms with van der Waals surface area (Å²) in [4.78, 5) is 75.4. The molecule has 20 nitrogen and oxygen atoms in total. The number of carbonyl (C=O) groups is 4. The molecule has 69 heavy (non-hydrogen) atoms. The summed E-state index contributed by atoms with van der Waals surface area (Å²) < 4.78 is 78.4. The molecular weight excluding hydrogens is 1110 g/mol. The summed E-state index contributed by atoms with van der Waals surface area (Å²) in [5.41, 5.74) is -5.64. The maximum Gasteiger partial charge on any atom is 1.00 e. The van der Waals surface area contributed by atoms with Crippen molar-refractivity contribution in [3.8, 4) is 11.5 Å². The fraction of sp³-hybridized carbons (Fsp3) is 0.333. The number of rotatable bonds is 10. The number of esters is 3. The van der Waals surface area contributed by atoms with Gasteiger partial charge in [0.2, 0.25) is 0 Å². The molecule has 0 atom stereocenters. The third kappa shape index (κ3) is 18.5. The molecule has 0 aromatic carbocycles. The van der Waals surface area contributed by atoms with Crippen LogP contribution in [0.1, 0.15) is 70.0 Å². The van der Waals surface area contributed by atoms with Crippen LogP contribution in [0, 0.1) is 0 Å². The Morgan fingerprint density at radius 2 is 1.00 bits per heavy atom. The molecule has 0 fully saturated rings. The first-order valence-corrected chi connectivity index (χ1v) is 24.8. The Morgan fingerprint density at radius 3 is 1.42 bits per heavy atom. The number of aromatic carboxylic acids is 1. The van der Waals surface area contributed by atoms with Crippen LogP contribution >= 0.6 is 92.9 Å². The van der Waals surface area contributed by atoms with Crippen molar-refractivity contribution in [2.24, 2.45) is 0 Å². The second-order valence-electron chi connectivity index (χ2n) is 10.5. The maximum absolute atomic E-state index is 12.5. The van der Waals surface area contributed by atoms with Gasteiger partial charge in [-0.15, -0.1) is 22.7 Å². The Morgan fingerprint density at radius 1 is 0.638 bits per heavy atom. The van der Waals surface area contributed by atoms with E-state index in [1.54, 1.807) is 18.7 Å².